The van der Waals surface area contributed by atoms with E-state index in [1.165, 1.54) is 15.2 Å². The number of hydrogen-bond donors (Lipinski definition) is 1. The predicted octanol–water partition coefficient (Wildman–Crippen LogP) is -0.283. The zero-order chi connectivity index (χ0) is 14.2. The van der Waals surface area contributed by atoms with Crippen LogP contribution in [0.5, 0.6) is 0 Å². The van der Waals surface area contributed by atoms with Crippen LogP contribution >= 0.6 is 0 Å². The number of anilines is 1. The molecule has 1 fully saturated rings. The lowest BCUT2D eigenvalue weighted by Gasteiger charge is -2.38. The molecule has 2 N–H and O–H groups in total. The fourth-order valence-electron chi connectivity index (χ4n) is 2.47. The minimum atomic E-state index is -3.54. The van der Waals surface area contributed by atoms with Gasteiger partial charge < -0.3 is 5.73 Å². The summed E-state index contributed by atoms with van der Waals surface area (Å²) in [6.07, 6.45) is 1.46. The molecule has 2 heterocycles. The van der Waals surface area contributed by atoms with E-state index in [4.69, 9.17) is 5.73 Å². The van der Waals surface area contributed by atoms with Gasteiger partial charge in [0.1, 0.15) is 4.90 Å². The summed E-state index contributed by atoms with van der Waals surface area (Å²) < 4.78 is 28.0. The van der Waals surface area contributed by atoms with Gasteiger partial charge in [-0.25, -0.2) is 8.42 Å². The molecule has 1 aromatic heterocycles. The normalized spacial score (nSPS) is 22.8. The molecule has 8 heteroatoms. The number of nitrogens with zero attached hydrogens (tertiary/aromatic N) is 4. The van der Waals surface area contributed by atoms with Crippen molar-refractivity contribution in [3.8, 4) is 0 Å². The summed E-state index contributed by atoms with van der Waals surface area (Å²) >= 11 is 0. The van der Waals surface area contributed by atoms with Crippen molar-refractivity contribution in [1.29, 1.82) is 0 Å². The minimum Gasteiger partial charge on any atom is -0.381 e. The second-order valence-corrected chi connectivity index (χ2v) is 6.80. The van der Waals surface area contributed by atoms with Crippen molar-refractivity contribution in [1.82, 2.24) is 19.0 Å². The van der Waals surface area contributed by atoms with Crippen LogP contribution < -0.4 is 5.73 Å². The Morgan fingerprint density at radius 2 is 2.16 bits per heavy atom. The quantitative estimate of drug-likeness (QED) is 0.826. The van der Waals surface area contributed by atoms with Crippen LogP contribution in [0.15, 0.2) is 11.1 Å². The van der Waals surface area contributed by atoms with Crippen molar-refractivity contribution in [2.24, 2.45) is 7.05 Å². The Balaban J connectivity index is 2.24. The average Bonchev–Trinajstić information content (AvgIpc) is 2.69. The molecule has 2 rings (SSSR count). The second kappa shape index (κ2) is 5.10. The molecule has 0 aliphatic carbocycles. The first-order valence-electron chi connectivity index (χ1n) is 6.39. The van der Waals surface area contributed by atoms with Gasteiger partial charge in [0.25, 0.3) is 0 Å². The fraction of sp³-hybridized carbons (Fsp3) is 0.727. The van der Waals surface area contributed by atoms with Crippen LogP contribution in [0, 0.1) is 0 Å². The van der Waals surface area contributed by atoms with Gasteiger partial charge in [0, 0.05) is 38.9 Å². The van der Waals surface area contributed by atoms with E-state index in [1.54, 1.807) is 7.05 Å². The van der Waals surface area contributed by atoms with Crippen molar-refractivity contribution in [2.45, 2.75) is 24.8 Å². The summed E-state index contributed by atoms with van der Waals surface area (Å²) in [5.41, 5.74) is 5.67. The Hall–Kier alpha value is -1.12. The molecule has 0 aromatic carbocycles. The van der Waals surface area contributed by atoms with Gasteiger partial charge in [-0.15, -0.1) is 0 Å². The van der Waals surface area contributed by atoms with Gasteiger partial charge in [0.15, 0.2) is 5.82 Å². The number of rotatable bonds is 3. The number of nitrogen functional groups attached to an aromatic ring is 1. The van der Waals surface area contributed by atoms with Gasteiger partial charge in [-0.05, 0) is 13.5 Å². The Kier molecular flexibility index (Phi) is 3.84. The van der Waals surface area contributed by atoms with Crippen molar-refractivity contribution < 1.29 is 8.42 Å². The van der Waals surface area contributed by atoms with E-state index in [1.807, 2.05) is 6.92 Å². The van der Waals surface area contributed by atoms with Crippen molar-refractivity contribution in [3.63, 3.8) is 0 Å². The van der Waals surface area contributed by atoms with E-state index in [2.05, 4.69) is 16.9 Å². The molecule has 7 nitrogen and oxygen atoms in total. The number of aromatic nitrogens is 2. The average molecular weight is 287 g/mol. The highest BCUT2D eigenvalue weighted by Gasteiger charge is 2.33. The molecule has 1 unspecified atom stereocenters. The standard InChI is InChI=1S/C11H21N5O2S/c1-4-15-5-6-16(7-9(15)2)19(17,18)10-8-14(3)13-11(10)12/h8-9H,4-7H2,1-3H3,(H2,12,13). The molecule has 0 saturated carbocycles. The SMILES string of the molecule is CCN1CCN(S(=O)(=O)c2cn(C)nc2N)CC1C. The summed E-state index contributed by atoms with van der Waals surface area (Å²) in [5.74, 6) is 0.0630. The maximum Gasteiger partial charge on any atom is 0.248 e. The van der Waals surface area contributed by atoms with Gasteiger partial charge in [0.2, 0.25) is 10.0 Å². The molecular weight excluding hydrogens is 266 g/mol. The Bertz CT molecular complexity index is 553. The number of sulfonamides is 1. The number of likely N-dealkylation sites (N-methyl/N-ethyl adjacent to an activating group) is 1. The van der Waals surface area contributed by atoms with Crippen molar-refractivity contribution in [2.75, 3.05) is 31.9 Å². The van der Waals surface area contributed by atoms with Gasteiger partial charge >= 0.3 is 0 Å². The molecule has 19 heavy (non-hydrogen) atoms. The van der Waals surface area contributed by atoms with Gasteiger partial charge in [-0.3, -0.25) is 9.58 Å². The Labute approximate surface area is 114 Å². The first kappa shape index (κ1) is 14.3. The maximum atomic E-state index is 12.5. The zero-order valence-corrected chi connectivity index (χ0v) is 12.4. The van der Waals surface area contributed by atoms with Crippen LogP contribution in [0.4, 0.5) is 5.82 Å². The van der Waals surface area contributed by atoms with E-state index in [9.17, 15) is 8.42 Å². The highest BCUT2D eigenvalue weighted by atomic mass is 32.2. The minimum absolute atomic E-state index is 0.0630. The van der Waals surface area contributed by atoms with E-state index in [0.29, 0.717) is 13.1 Å². The van der Waals surface area contributed by atoms with Crippen LogP contribution in [0.25, 0.3) is 0 Å². The molecule has 1 saturated heterocycles. The van der Waals surface area contributed by atoms with Crippen LogP contribution in [0.3, 0.4) is 0 Å². The molecule has 1 aromatic rings. The summed E-state index contributed by atoms with van der Waals surface area (Å²) in [6, 6.07) is 0.214. The molecule has 0 bridgehead atoms. The highest BCUT2D eigenvalue weighted by Crippen LogP contribution is 2.23. The lowest BCUT2D eigenvalue weighted by molar-refractivity contribution is 0.135. The van der Waals surface area contributed by atoms with Crippen LogP contribution in [0.2, 0.25) is 0 Å². The maximum absolute atomic E-state index is 12.5. The van der Waals surface area contributed by atoms with Gasteiger partial charge in [0.05, 0.1) is 0 Å². The second-order valence-electron chi connectivity index (χ2n) is 4.89. The largest absolute Gasteiger partial charge is 0.381 e. The summed E-state index contributed by atoms with van der Waals surface area (Å²) in [6.45, 7) is 6.79. The number of aryl methyl sites for hydroxylation is 1. The number of nitrogens with two attached hydrogens (primary N) is 1. The zero-order valence-electron chi connectivity index (χ0n) is 11.6. The van der Waals surface area contributed by atoms with E-state index in [0.717, 1.165) is 13.1 Å². The molecule has 1 atom stereocenters. The van der Waals surface area contributed by atoms with E-state index >= 15 is 0 Å². The number of piperazine rings is 1. The topological polar surface area (TPSA) is 84.5 Å². The smallest absolute Gasteiger partial charge is 0.248 e. The van der Waals surface area contributed by atoms with Crippen LogP contribution in [0.1, 0.15) is 13.8 Å². The lowest BCUT2D eigenvalue weighted by Crippen LogP contribution is -2.53. The molecule has 0 radical (unpaired) electrons. The van der Waals surface area contributed by atoms with E-state index in [-0.39, 0.29) is 16.8 Å². The number of hydrogen-bond acceptors (Lipinski definition) is 5. The van der Waals surface area contributed by atoms with Crippen molar-refractivity contribution in [3.05, 3.63) is 6.20 Å². The Morgan fingerprint density at radius 3 is 2.63 bits per heavy atom. The molecular formula is C11H21N5O2S. The molecule has 1 aliphatic heterocycles. The molecule has 108 valence electrons. The third-order valence-electron chi connectivity index (χ3n) is 3.57. The third kappa shape index (κ3) is 2.60. The van der Waals surface area contributed by atoms with Crippen LogP contribution in [-0.4, -0.2) is 59.6 Å². The van der Waals surface area contributed by atoms with Gasteiger partial charge in [-0.2, -0.15) is 9.40 Å². The fourth-order valence-corrected chi connectivity index (χ4v) is 4.07. The first-order chi connectivity index (χ1) is 8.86. The van der Waals surface area contributed by atoms with Crippen LogP contribution in [-0.2, 0) is 17.1 Å². The first-order valence-corrected chi connectivity index (χ1v) is 7.83. The third-order valence-corrected chi connectivity index (χ3v) is 5.46. The van der Waals surface area contributed by atoms with Crippen molar-refractivity contribution >= 4 is 15.8 Å². The lowest BCUT2D eigenvalue weighted by atomic mass is 10.2. The summed E-state index contributed by atoms with van der Waals surface area (Å²) in [4.78, 5) is 2.37. The molecule has 0 spiro atoms. The highest BCUT2D eigenvalue weighted by molar-refractivity contribution is 7.89. The monoisotopic (exact) mass is 287 g/mol. The Morgan fingerprint density at radius 1 is 1.47 bits per heavy atom. The molecule has 0 amide bonds. The predicted molar refractivity (Wildman–Crippen MR) is 73.1 cm³/mol. The van der Waals surface area contributed by atoms with Gasteiger partial charge in [-0.1, -0.05) is 6.92 Å². The van der Waals surface area contributed by atoms with E-state index < -0.39 is 10.0 Å². The molecule has 1 aliphatic rings. The summed E-state index contributed by atoms with van der Waals surface area (Å²) in [7, 11) is -1.88. The summed E-state index contributed by atoms with van der Waals surface area (Å²) in [5, 5.41) is 3.90.